The molecule has 0 aliphatic rings. The molecule has 4 nitrogen and oxygen atoms in total. The minimum atomic E-state index is -1.07. The van der Waals surface area contributed by atoms with Crippen LogP contribution in [0.1, 0.15) is 18.1 Å². The molecular formula is C14H18FNO3. The third-order valence-electron chi connectivity index (χ3n) is 2.43. The van der Waals surface area contributed by atoms with Crippen LogP contribution in [0.2, 0.25) is 0 Å². The predicted octanol–water partition coefficient (Wildman–Crippen LogP) is 1.74. The molecule has 0 radical (unpaired) electrons. The van der Waals surface area contributed by atoms with Crippen LogP contribution in [-0.2, 0) is 11.3 Å². The SMILES string of the molecule is CC(O)CN(C)Cc1cc(F)cc(C=CC(=O)O)c1. The normalized spacial score (nSPS) is 13.1. The van der Waals surface area contributed by atoms with Gasteiger partial charge in [0.1, 0.15) is 5.82 Å². The Labute approximate surface area is 111 Å². The summed E-state index contributed by atoms with van der Waals surface area (Å²) in [6, 6.07) is 4.40. The Morgan fingerprint density at radius 1 is 1.47 bits per heavy atom. The largest absolute Gasteiger partial charge is 0.478 e. The monoisotopic (exact) mass is 267 g/mol. The van der Waals surface area contributed by atoms with Gasteiger partial charge in [0.2, 0.25) is 0 Å². The van der Waals surface area contributed by atoms with Gasteiger partial charge in [-0.15, -0.1) is 0 Å². The molecule has 1 aromatic carbocycles. The van der Waals surface area contributed by atoms with E-state index in [1.807, 2.05) is 11.9 Å². The van der Waals surface area contributed by atoms with E-state index in [4.69, 9.17) is 5.11 Å². The third kappa shape index (κ3) is 6.13. The molecule has 0 bridgehead atoms. The molecule has 1 aromatic rings. The molecule has 19 heavy (non-hydrogen) atoms. The number of benzene rings is 1. The van der Waals surface area contributed by atoms with Crippen molar-refractivity contribution in [1.82, 2.24) is 4.90 Å². The van der Waals surface area contributed by atoms with Gasteiger partial charge in [-0.2, -0.15) is 0 Å². The van der Waals surface area contributed by atoms with E-state index in [-0.39, 0.29) is 0 Å². The fraction of sp³-hybridized carbons (Fsp3) is 0.357. The number of aliphatic carboxylic acids is 1. The van der Waals surface area contributed by atoms with Crippen LogP contribution in [0.25, 0.3) is 6.08 Å². The Morgan fingerprint density at radius 3 is 2.74 bits per heavy atom. The zero-order valence-corrected chi connectivity index (χ0v) is 11.0. The minimum absolute atomic E-state index is 0.409. The molecule has 0 amide bonds. The topological polar surface area (TPSA) is 60.8 Å². The van der Waals surface area contributed by atoms with Gasteiger partial charge in [0.05, 0.1) is 6.10 Å². The average Bonchev–Trinajstić information content (AvgIpc) is 2.24. The summed E-state index contributed by atoms with van der Waals surface area (Å²) in [7, 11) is 1.82. The number of aliphatic hydroxyl groups excluding tert-OH is 1. The number of rotatable bonds is 6. The van der Waals surface area contributed by atoms with Crippen LogP contribution in [0.15, 0.2) is 24.3 Å². The van der Waals surface area contributed by atoms with Gasteiger partial charge < -0.3 is 10.2 Å². The second-order valence-electron chi connectivity index (χ2n) is 4.61. The van der Waals surface area contributed by atoms with Gasteiger partial charge in [-0.3, -0.25) is 4.90 Å². The van der Waals surface area contributed by atoms with Gasteiger partial charge in [-0.1, -0.05) is 6.07 Å². The van der Waals surface area contributed by atoms with Gasteiger partial charge in [-0.25, -0.2) is 9.18 Å². The van der Waals surface area contributed by atoms with Crippen LogP contribution in [-0.4, -0.2) is 40.8 Å². The van der Waals surface area contributed by atoms with Crippen molar-refractivity contribution in [2.75, 3.05) is 13.6 Å². The van der Waals surface area contributed by atoms with E-state index in [1.165, 1.54) is 18.2 Å². The highest BCUT2D eigenvalue weighted by Crippen LogP contribution is 2.13. The van der Waals surface area contributed by atoms with Gasteiger partial charge >= 0.3 is 5.97 Å². The first kappa shape index (κ1) is 15.3. The first-order valence-corrected chi connectivity index (χ1v) is 5.94. The lowest BCUT2D eigenvalue weighted by molar-refractivity contribution is -0.131. The van der Waals surface area contributed by atoms with E-state index < -0.39 is 17.9 Å². The van der Waals surface area contributed by atoms with Crippen molar-refractivity contribution in [3.8, 4) is 0 Å². The Hall–Kier alpha value is -1.72. The number of carboxylic acids is 1. The molecule has 0 saturated heterocycles. The smallest absolute Gasteiger partial charge is 0.328 e. The lowest BCUT2D eigenvalue weighted by Gasteiger charge is -2.18. The van der Waals surface area contributed by atoms with Gasteiger partial charge in [-0.05, 0) is 43.3 Å². The van der Waals surface area contributed by atoms with Gasteiger partial charge in [0.25, 0.3) is 0 Å². The van der Waals surface area contributed by atoms with Gasteiger partial charge in [0.15, 0.2) is 0 Å². The summed E-state index contributed by atoms with van der Waals surface area (Å²) < 4.78 is 13.4. The summed E-state index contributed by atoms with van der Waals surface area (Å²) in [6.07, 6.45) is 1.87. The maximum Gasteiger partial charge on any atom is 0.328 e. The third-order valence-corrected chi connectivity index (χ3v) is 2.43. The number of hydrogen-bond acceptors (Lipinski definition) is 3. The second kappa shape index (κ2) is 7.01. The molecular weight excluding hydrogens is 249 g/mol. The fourth-order valence-corrected chi connectivity index (χ4v) is 1.86. The molecule has 0 heterocycles. The molecule has 1 unspecified atom stereocenters. The first-order chi connectivity index (χ1) is 8.86. The van der Waals surface area contributed by atoms with Crippen LogP contribution in [0.3, 0.4) is 0 Å². The van der Waals surface area contributed by atoms with Crippen molar-refractivity contribution in [3.05, 3.63) is 41.2 Å². The van der Waals surface area contributed by atoms with E-state index in [9.17, 15) is 14.3 Å². The molecule has 0 spiro atoms. The van der Waals surface area contributed by atoms with Crippen molar-refractivity contribution in [1.29, 1.82) is 0 Å². The Kier molecular flexibility index (Phi) is 5.66. The molecule has 104 valence electrons. The van der Waals surface area contributed by atoms with E-state index in [1.54, 1.807) is 13.0 Å². The van der Waals surface area contributed by atoms with Crippen LogP contribution in [0.4, 0.5) is 4.39 Å². The summed E-state index contributed by atoms with van der Waals surface area (Å²) in [5.41, 5.74) is 1.23. The molecule has 5 heteroatoms. The summed E-state index contributed by atoms with van der Waals surface area (Å²) in [5.74, 6) is -1.48. The van der Waals surface area contributed by atoms with Crippen molar-refractivity contribution in [2.45, 2.75) is 19.6 Å². The number of aliphatic hydroxyl groups is 1. The van der Waals surface area contributed by atoms with Crippen LogP contribution in [0, 0.1) is 5.82 Å². The highest BCUT2D eigenvalue weighted by molar-refractivity contribution is 5.85. The Balaban J connectivity index is 2.81. The number of likely N-dealkylation sites (N-methyl/N-ethyl adjacent to an activating group) is 1. The van der Waals surface area contributed by atoms with E-state index in [0.29, 0.717) is 18.7 Å². The van der Waals surface area contributed by atoms with E-state index >= 15 is 0 Å². The van der Waals surface area contributed by atoms with Crippen molar-refractivity contribution in [3.63, 3.8) is 0 Å². The summed E-state index contributed by atoms with van der Waals surface area (Å²) >= 11 is 0. The van der Waals surface area contributed by atoms with Crippen LogP contribution in [0.5, 0.6) is 0 Å². The predicted molar refractivity (Wildman–Crippen MR) is 71.1 cm³/mol. The molecule has 1 atom stereocenters. The summed E-state index contributed by atoms with van der Waals surface area (Å²) in [6.45, 7) is 2.65. The van der Waals surface area contributed by atoms with Crippen molar-refractivity contribution >= 4 is 12.0 Å². The van der Waals surface area contributed by atoms with E-state index in [2.05, 4.69) is 0 Å². The molecule has 0 aliphatic carbocycles. The summed E-state index contributed by atoms with van der Waals surface area (Å²) in [5, 5.41) is 17.8. The highest BCUT2D eigenvalue weighted by Gasteiger charge is 2.06. The van der Waals surface area contributed by atoms with E-state index in [0.717, 1.165) is 11.6 Å². The standard InChI is InChI=1S/C14H18FNO3/c1-10(17)8-16(2)9-12-5-11(3-4-14(18)19)6-13(15)7-12/h3-7,10,17H,8-9H2,1-2H3,(H,18,19). The zero-order valence-electron chi connectivity index (χ0n) is 11.0. The summed E-state index contributed by atoms with van der Waals surface area (Å²) in [4.78, 5) is 12.3. The molecule has 0 aromatic heterocycles. The van der Waals surface area contributed by atoms with Crippen molar-refractivity contribution < 1.29 is 19.4 Å². The maximum absolute atomic E-state index is 13.4. The molecule has 2 N–H and O–H groups in total. The number of carboxylic acid groups (broad SMARTS) is 1. The number of hydrogen-bond donors (Lipinski definition) is 2. The van der Waals surface area contributed by atoms with Gasteiger partial charge in [0, 0.05) is 19.2 Å². The van der Waals surface area contributed by atoms with Crippen LogP contribution < -0.4 is 0 Å². The number of nitrogens with zero attached hydrogens (tertiary/aromatic N) is 1. The lowest BCUT2D eigenvalue weighted by Crippen LogP contribution is -2.26. The first-order valence-electron chi connectivity index (χ1n) is 5.94. The molecule has 0 aliphatic heterocycles. The quantitative estimate of drug-likeness (QED) is 0.771. The van der Waals surface area contributed by atoms with Crippen LogP contribution >= 0.6 is 0 Å². The number of carbonyl (C=O) groups is 1. The Bertz CT molecular complexity index is 472. The number of halogens is 1. The lowest BCUT2D eigenvalue weighted by atomic mass is 10.1. The minimum Gasteiger partial charge on any atom is -0.478 e. The highest BCUT2D eigenvalue weighted by atomic mass is 19.1. The van der Waals surface area contributed by atoms with Crippen molar-refractivity contribution in [2.24, 2.45) is 0 Å². The molecule has 0 saturated carbocycles. The average molecular weight is 267 g/mol. The Morgan fingerprint density at radius 2 is 2.16 bits per heavy atom. The molecule has 1 rings (SSSR count). The fourth-order valence-electron chi connectivity index (χ4n) is 1.86. The molecule has 0 fully saturated rings. The zero-order chi connectivity index (χ0) is 14.4. The maximum atomic E-state index is 13.4. The second-order valence-corrected chi connectivity index (χ2v) is 4.61.